The van der Waals surface area contributed by atoms with Crippen LogP contribution in [0.1, 0.15) is 25.0 Å². The van der Waals surface area contributed by atoms with Crippen LogP contribution in [0.3, 0.4) is 0 Å². The molecule has 0 aliphatic rings. The van der Waals surface area contributed by atoms with Crippen LogP contribution in [-0.4, -0.2) is 38.5 Å². The van der Waals surface area contributed by atoms with Gasteiger partial charge < -0.3 is 9.09 Å². The summed E-state index contributed by atoms with van der Waals surface area (Å²) in [5, 5.41) is 16.2. The van der Waals surface area contributed by atoms with E-state index in [4.69, 9.17) is 13.6 Å². The van der Waals surface area contributed by atoms with Gasteiger partial charge in [-0.1, -0.05) is 12.1 Å². The highest BCUT2D eigenvalue weighted by Crippen LogP contribution is 2.49. The number of imidazole rings is 1. The summed E-state index contributed by atoms with van der Waals surface area (Å²) in [4.78, 5) is 17.2. The quantitative estimate of drug-likeness (QED) is 0.296. The van der Waals surface area contributed by atoms with Crippen LogP contribution < -0.4 is 9.84 Å². The lowest BCUT2D eigenvalue weighted by Crippen LogP contribution is -2.21. The standard InChI is InChI=1S/C24H25N6O5P/c1-3-33-36(32,34-4-2)35-20-9-6-18(7-10-20)16-30-22-11-8-19(15-25)14-21(22)27-24(30)28-23(31)17-29-13-5-12-26-29/h5-14H,3-4,16-17H2,1-2H3,(H,27,28,31). The van der Waals surface area contributed by atoms with Crippen molar-refractivity contribution in [1.82, 2.24) is 19.3 Å². The van der Waals surface area contributed by atoms with Crippen LogP contribution in [0, 0.1) is 11.3 Å². The molecule has 0 unspecified atom stereocenters. The van der Waals surface area contributed by atoms with E-state index in [9.17, 15) is 14.6 Å². The summed E-state index contributed by atoms with van der Waals surface area (Å²) in [7, 11) is -3.70. The lowest BCUT2D eigenvalue weighted by Gasteiger charge is -2.17. The van der Waals surface area contributed by atoms with Crippen LogP contribution >= 0.6 is 7.82 Å². The lowest BCUT2D eigenvalue weighted by atomic mass is 10.2. The molecule has 2 aromatic heterocycles. The molecule has 0 bridgehead atoms. The van der Waals surface area contributed by atoms with E-state index in [0.29, 0.717) is 29.3 Å². The van der Waals surface area contributed by atoms with Gasteiger partial charge in [0.25, 0.3) is 0 Å². The Morgan fingerprint density at radius 3 is 2.53 bits per heavy atom. The molecular formula is C24H25N6O5P. The van der Waals surface area contributed by atoms with Crippen molar-refractivity contribution in [3.8, 4) is 11.8 Å². The van der Waals surface area contributed by atoms with Crippen molar-refractivity contribution in [3.05, 3.63) is 72.1 Å². The number of amides is 1. The number of fused-ring (bicyclic) bond motifs is 1. The summed E-state index contributed by atoms with van der Waals surface area (Å²) in [6.07, 6.45) is 3.29. The number of rotatable bonds is 11. The van der Waals surface area contributed by atoms with Crippen molar-refractivity contribution in [2.45, 2.75) is 26.9 Å². The summed E-state index contributed by atoms with van der Waals surface area (Å²) in [6.45, 7) is 4.19. The van der Waals surface area contributed by atoms with Gasteiger partial charge in [0.05, 0.1) is 42.4 Å². The molecule has 0 fully saturated rings. The van der Waals surface area contributed by atoms with Crippen molar-refractivity contribution >= 4 is 30.7 Å². The van der Waals surface area contributed by atoms with Crippen LogP contribution in [0.5, 0.6) is 5.75 Å². The summed E-state index contributed by atoms with van der Waals surface area (Å²) in [5.41, 5.74) is 2.67. The van der Waals surface area contributed by atoms with E-state index in [1.165, 1.54) is 4.68 Å². The maximum Gasteiger partial charge on any atom is 0.530 e. The van der Waals surface area contributed by atoms with Crippen LogP contribution in [-0.2, 0) is 31.5 Å². The van der Waals surface area contributed by atoms with Gasteiger partial charge in [0.15, 0.2) is 0 Å². The normalized spacial score (nSPS) is 11.4. The monoisotopic (exact) mass is 508 g/mol. The van der Waals surface area contributed by atoms with Gasteiger partial charge in [0.1, 0.15) is 12.3 Å². The topological polar surface area (TPSA) is 133 Å². The molecule has 12 heteroatoms. The average Bonchev–Trinajstić information content (AvgIpc) is 3.48. The molecule has 11 nitrogen and oxygen atoms in total. The minimum absolute atomic E-state index is 0.0331. The molecule has 1 N–H and O–H groups in total. The summed E-state index contributed by atoms with van der Waals surface area (Å²) >= 11 is 0. The zero-order chi connectivity index (χ0) is 25.5. The predicted octanol–water partition coefficient (Wildman–Crippen LogP) is 4.35. The molecule has 0 radical (unpaired) electrons. The van der Waals surface area contributed by atoms with Gasteiger partial charge in [-0.3, -0.25) is 23.8 Å². The van der Waals surface area contributed by atoms with E-state index in [1.54, 1.807) is 62.6 Å². The molecule has 0 spiro atoms. The largest absolute Gasteiger partial charge is 0.530 e. The van der Waals surface area contributed by atoms with Gasteiger partial charge in [0.2, 0.25) is 11.9 Å². The Hall–Kier alpha value is -3.97. The maximum atomic E-state index is 12.6. The Balaban J connectivity index is 1.58. The number of aromatic nitrogens is 4. The average molecular weight is 508 g/mol. The zero-order valence-electron chi connectivity index (χ0n) is 19.8. The van der Waals surface area contributed by atoms with Gasteiger partial charge in [-0.05, 0) is 55.8 Å². The number of nitrogens with zero attached hydrogens (tertiary/aromatic N) is 5. The number of hydrogen-bond donors (Lipinski definition) is 1. The number of phosphoric acid groups is 1. The molecule has 186 valence electrons. The number of hydrogen-bond acceptors (Lipinski definition) is 8. The minimum atomic E-state index is -3.70. The van der Waals surface area contributed by atoms with E-state index in [1.807, 2.05) is 16.7 Å². The van der Waals surface area contributed by atoms with E-state index in [2.05, 4.69) is 21.5 Å². The third-order valence-electron chi connectivity index (χ3n) is 5.05. The second-order valence-corrected chi connectivity index (χ2v) is 9.20. The van der Waals surface area contributed by atoms with Gasteiger partial charge in [0, 0.05) is 12.4 Å². The molecule has 4 aromatic rings. The van der Waals surface area contributed by atoms with Crippen LogP contribution in [0.15, 0.2) is 60.9 Å². The first-order valence-electron chi connectivity index (χ1n) is 11.3. The second-order valence-electron chi connectivity index (χ2n) is 7.61. The molecule has 36 heavy (non-hydrogen) atoms. The van der Waals surface area contributed by atoms with Crippen LogP contribution in [0.2, 0.25) is 0 Å². The number of carbonyl (C=O) groups is 1. The second kappa shape index (κ2) is 11.2. The highest BCUT2D eigenvalue weighted by atomic mass is 31.2. The molecule has 0 saturated heterocycles. The highest BCUT2D eigenvalue weighted by Gasteiger charge is 2.27. The van der Waals surface area contributed by atoms with Crippen molar-refractivity contribution in [1.29, 1.82) is 5.26 Å². The Labute approximate surface area is 207 Å². The van der Waals surface area contributed by atoms with E-state index >= 15 is 0 Å². The Morgan fingerprint density at radius 2 is 1.89 bits per heavy atom. The minimum Gasteiger partial charge on any atom is -0.404 e. The molecule has 0 atom stereocenters. The summed E-state index contributed by atoms with van der Waals surface area (Å²) < 4.78 is 31.8. The lowest BCUT2D eigenvalue weighted by molar-refractivity contribution is -0.117. The van der Waals surface area contributed by atoms with E-state index in [0.717, 1.165) is 11.1 Å². The van der Waals surface area contributed by atoms with Gasteiger partial charge >= 0.3 is 7.82 Å². The molecule has 4 rings (SSSR count). The van der Waals surface area contributed by atoms with Crippen molar-refractivity contribution in [2.24, 2.45) is 0 Å². The molecule has 0 saturated carbocycles. The number of nitrogens with one attached hydrogen (secondary N) is 1. The number of carbonyl (C=O) groups excluding carboxylic acids is 1. The fraction of sp³-hybridized carbons (Fsp3) is 0.250. The number of anilines is 1. The first-order chi connectivity index (χ1) is 17.4. The number of phosphoric ester groups is 1. The summed E-state index contributed by atoms with van der Waals surface area (Å²) in [5.74, 6) is 0.391. The molecule has 0 aliphatic heterocycles. The smallest absolute Gasteiger partial charge is 0.404 e. The maximum absolute atomic E-state index is 12.6. The van der Waals surface area contributed by atoms with Crippen LogP contribution in [0.4, 0.5) is 5.95 Å². The molecule has 2 heterocycles. The first kappa shape index (κ1) is 25.1. The van der Waals surface area contributed by atoms with Crippen molar-refractivity contribution in [3.63, 3.8) is 0 Å². The fourth-order valence-electron chi connectivity index (χ4n) is 3.53. The Bertz CT molecular complexity index is 1420. The van der Waals surface area contributed by atoms with Crippen molar-refractivity contribution < 1.29 is 22.9 Å². The Kier molecular flexibility index (Phi) is 7.80. The SMILES string of the molecule is CCOP(=O)(OCC)Oc1ccc(Cn2c(NC(=O)Cn3cccn3)nc3cc(C#N)ccc32)cc1. The molecule has 0 aliphatic carbocycles. The fourth-order valence-corrected chi connectivity index (χ4v) is 4.73. The number of benzene rings is 2. The van der Waals surface area contributed by atoms with E-state index < -0.39 is 7.82 Å². The van der Waals surface area contributed by atoms with E-state index in [-0.39, 0.29) is 25.7 Å². The summed E-state index contributed by atoms with van der Waals surface area (Å²) in [6, 6.07) is 16.0. The van der Waals surface area contributed by atoms with Gasteiger partial charge in [-0.15, -0.1) is 0 Å². The predicted molar refractivity (Wildman–Crippen MR) is 132 cm³/mol. The van der Waals surface area contributed by atoms with Crippen molar-refractivity contribution in [2.75, 3.05) is 18.5 Å². The van der Waals surface area contributed by atoms with Gasteiger partial charge in [-0.2, -0.15) is 10.4 Å². The number of nitriles is 1. The third kappa shape index (κ3) is 5.98. The Morgan fingerprint density at radius 1 is 1.14 bits per heavy atom. The molecule has 1 amide bonds. The van der Waals surface area contributed by atoms with Crippen LogP contribution in [0.25, 0.3) is 11.0 Å². The highest BCUT2D eigenvalue weighted by molar-refractivity contribution is 7.48. The first-order valence-corrected chi connectivity index (χ1v) is 12.7. The molecule has 2 aromatic carbocycles. The van der Waals surface area contributed by atoms with Gasteiger partial charge in [-0.25, -0.2) is 9.55 Å². The zero-order valence-corrected chi connectivity index (χ0v) is 20.7. The third-order valence-corrected chi connectivity index (χ3v) is 6.63. The molecular weight excluding hydrogens is 483 g/mol.